The maximum Gasteiger partial charge on any atom is 0.412 e. The number of anilines is 2. The zero-order valence-electron chi connectivity index (χ0n) is 46.1. The summed E-state index contributed by atoms with van der Waals surface area (Å²) in [5.41, 5.74) is 1.73. The first-order valence-electron chi connectivity index (χ1n) is 25.4. The Labute approximate surface area is 456 Å². The summed E-state index contributed by atoms with van der Waals surface area (Å²) in [6.45, 7) is 29.8. The third-order valence-electron chi connectivity index (χ3n) is 13.1. The summed E-state index contributed by atoms with van der Waals surface area (Å²) in [7, 11) is 3.47. The lowest BCUT2D eigenvalue weighted by molar-refractivity contribution is -0.385. The Kier molecular flexibility index (Phi) is 21.5. The van der Waals surface area contributed by atoms with Crippen LogP contribution in [0, 0.1) is 10.1 Å². The first kappa shape index (κ1) is 60.9. The number of amides is 4. The van der Waals surface area contributed by atoms with Crippen molar-refractivity contribution in [3.05, 3.63) is 88.1 Å². The number of nitrogens with one attached hydrogen (secondary N) is 2. The molecule has 19 nitrogen and oxygen atoms in total. The highest BCUT2D eigenvalue weighted by molar-refractivity contribution is 8.76. The van der Waals surface area contributed by atoms with Crippen LogP contribution in [0.25, 0.3) is 0 Å². The van der Waals surface area contributed by atoms with Crippen molar-refractivity contribution in [1.82, 2.24) is 14.8 Å². The van der Waals surface area contributed by atoms with Crippen molar-refractivity contribution in [3.8, 4) is 23.0 Å². The quantitative estimate of drug-likeness (QED) is 0.0213. The summed E-state index contributed by atoms with van der Waals surface area (Å²) in [6.07, 6.45) is 3.54. The number of nitro groups is 1. The summed E-state index contributed by atoms with van der Waals surface area (Å²) in [5, 5.41) is 16.9. The molecule has 5 rings (SSSR count). The number of methoxy groups -OCH3 is 2. The molecular formula is C54H76N6O13S2Si. The highest BCUT2D eigenvalue weighted by Crippen LogP contribution is 2.41. The monoisotopic (exact) mass is 1110 g/mol. The minimum absolute atomic E-state index is 0.00133. The second-order valence-electron chi connectivity index (χ2n) is 21.4. The second kappa shape index (κ2) is 26.9. The molecule has 0 bridgehead atoms. The number of benzene rings is 2. The number of rotatable bonds is 24. The molecule has 2 fully saturated rings. The topological polar surface area (TPSA) is 219 Å². The standard InChI is InChI=1S/C54H76N6O13S2Si/c1-15-37-23-34(2)30-58(37)49(61)41-26-45(68-12)47(28-43(41)57-52(64)73-53(5,6)7)70-22-18-16-17-21-69-46-27-42(56-51(63)71-32-36(4)74-75-48-20-19-38(29-55-48)60(65)66)40(25-44(46)67-11)50(62)59-31-35(3)24-39(59)33-72-76(13,14)54(8,9)10/h19-20,25-29,36-37,39H,2-3,15-18,21-24,30-33H2,1,4-14H3,(H,56,63)(H,57,64)/t36-,37-,39+/m1/s1. The van der Waals surface area contributed by atoms with Crippen LogP contribution in [0.3, 0.4) is 0 Å². The minimum Gasteiger partial charge on any atom is -0.493 e. The molecule has 22 heteroatoms. The van der Waals surface area contributed by atoms with Gasteiger partial charge in [-0.1, -0.05) is 62.8 Å². The maximum atomic E-state index is 14.6. The molecule has 0 spiro atoms. The van der Waals surface area contributed by atoms with Crippen molar-refractivity contribution in [2.75, 3.05) is 64.4 Å². The van der Waals surface area contributed by atoms with Gasteiger partial charge in [0.2, 0.25) is 0 Å². The average molecular weight is 1110 g/mol. The summed E-state index contributed by atoms with van der Waals surface area (Å²) in [6, 6.07) is 8.90. The minimum atomic E-state index is -2.17. The second-order valence-corrected chi connectivity index (χ2v) is 28.8. The Balaban J connectivity index is 1.28. The SMILES string of the molecule is C=C1C[C@@H](CO[Si](C)(C)C(C)(C)C)N(C(=O)c2cc(OC)c(OCCCCCOc3cc(NC(=O)OC(C)(C)C)c(C(=O)N4CC(=C)C[C@H]4CC)cc3OC)cc2NC(=O)OC[C@@H](C)SSc2ccc([N+](=O)[O-])cn2)C1. The van der Waals surface area contributed by atoms with E-state index in [1.807, 2.05) is 13.8 Å². The van der Waals surface area contributed by atoms with Gasteiger partial charge in [0.25, 0.3) is 17.5 Å². The van der Waals surface area contributed by atoms with Crippen LogP contribution in [0.15, 0.2) is 71.9 Å². The molecule has 2 N–H and O–H groups in total. The van der Waals surface area contributed by atoms with E-state index in [1.54, 1.807) is 60.9 Å². The van der Waals surface area contributed by atoms with Gasteiger partial charge in [0, 0.05) is 42.6 Å². The molecule has 0 aliphatic carbocycles. The van der Waals surface area contributed by atoms with E-state index in [0.717, 1.165) is 17.6 Å². The lowest BCUT2D eigenvalue weighted by atomic mass is 10.1. The Hall–Kier alpha value is -5.97. The number of ether oxygens (including phenoxy) is 6. The Morgan fingerprint density at radius 3 is 1.82 bits per heavy atom. The number of carbonyl (C=O) groups excluding carboxylic acids is 4. The fraction of sp³-hybridized carbons (Fsp3) is 0.537. The molecule has 76 heavy (non-hydrogen) atoms. The molecule has 2 aromatic carbocycles. The van der Waals surface area contributed by atoms with Crippen molar-refractivity contribution >= 4 is 71.0 Å². The van der Waals surface area contributed by atoms with Crippen molar-refractivity contribution in [3.63, 3.8) is 0 Å². The first-order valence-corrected chi connectivity index (χ1v) is 30.5. The van der Waals surface area contributed by atoms with E-state index >= 15 is 0 Å². The van der Waals surface area contributed by atoms with Crippen LogP contribution in [-0.4, -0.2) is 129 Å². The lowest BCUT2D eigenvalue weighted by Crippen LogP contribution is -2.46. The van der Waals surface area contributed by atoms with Crippen LogP contribution in [0.2, 0.25) is 18.1 Å². The molecule has 3 atom stereocenters. The Morgan fingerprint density at radius 1 is 0.816 bits per heavy atom. The number of hydrogen-bond donors (Lipinski definition) is 2. The van der Waals surface area contributed by atoms with Gasteiger partial charge in [-0.05, 0) is 113 Å². The zero-order chi connectivity index (χ0) is 56.1. The summed E-state index contributed by atoms with van der Waals surface area (Å²) in [4.78, 5) is 73.4. The Bertz CT molecular complexity index is 2590. The predicted octanol–water partition coefficient (Wildman–Crippen LogP) is 12.3. The van der Waals surface area contributed by atoms with Gasteiger partial charge in [-0.25, -0.2) is 14.6 Å². The van der Waals surface area contributed by atoms with E-state index in [4.69, 9.17) is 32.8 Å². The van der Waals surface area contributed by atoms with Gasteiger partial charge in [-0.3, -0.25) is 30.3 Å². The summed E-state index contributed by atoms with van der Waals surface area (Å²) in [5.74, 6) is 0.600. The van der Waals surface area contributed by atoms with Crippen LogP contribution in [-0.2, 0) is 13.9 Å². The predicted molar refractivity (Wildman–Crippen MR) is 300 cm³/mol. The molecule has 2 aliphatic rings. The van der Waals surface area contributed by atoms with Crippen LogP contribution in [0.5, 0.6) is 23.0 Å². The first-order chi connectivity index (χ1) is 35.7. The largest absolute Gasteiger partial charge is 0.493 e. The van der Waals surface area contributed by atoms with E-state index in [-0.39, 0.29) is 93.7 Å². The van der Waals surface area contributed by atoms with Gasteiger partial charge in [0.1, 0.15) is 23.4 Å². The molecule has 0 saturated carbocycles. The molecule has 2 saturated heterocycles. The summed E-state index contributed by atoms with van der Waals surface area (Å²) >= 11 is 0. The van der Waals surface area contributed by atoms with E-state index in [9.17, 15) is 29.3 Å². The number of unbranched alkanes of at least 4 members (excludes halogenated alkanes) is 2. The van der Waals surface area contributed by atoms with E-state index in [2.05, 4.69) is 62.6 Å². The van der Waals surface area contributed by atoms with Crippen molar-refractivity contribution in [2.24, 2.45) is 0 Å². The molecule has 3 aromatic rings. The van der Waals surface area contributed by atoms with Crippen LogP contribution < -0.4 is 29.6 Å². The van der Waals surface area contributed by atoms with Crippen molar-refractivity contribution in [1.29, 1.82) is 0 Å². The average Bonchev–Trinajstić information content (AvgIpc) is 3.93. The van der Waals surface area contributed by atoms with Gasteiger partial charge >= 0.3 is 12.2 Å². The number of likely N-dealkylation sites (tertiary alicyclic amines) is 2. The third-order valence-corrected chi connectivity index (χ3v) is 20.3. The smallest absolute Gasteiger partial charge is 0.412 e. The van der Waals surface area contributed by atoms with Gasteiger partial charge in [-0.15, -0.1) is 0 Å². The van der Waals surface area contributed by atoms with E-state index < -0.39 is 31.0 Å². The highest BCUT2D eigenvalue weighted by atomic mass is 33.1. The van der Waals surface area contributed by atoms with Gasteiger partial charge < -0.3 is 42.6 Å². The van der Waals surface area contributed by atoms with Crippen molar-refractivity contribution in [2.45, 2.75) is 140 Å². The van der Waals surface area contributed by atoms with Crippen LogP contribution in [0.1, 0.15) is 115 Å². The molecule has 1 aromatic heterocycles. The van der Waals surface area contributed by atoms with Crippen molar-refractivity contribution < 1.29 is 56.9 Å². The van der Waals surface area contributed by atoms with E-state index in [0.29, 0.717) is 68.3 Å². The molecule has 4 amide bonds. The molecule has 3 heterocycles. The fourth-order valence-corrected chi connectivity index (χ4v) is 10.9. The fourth-order valence-electron chi connectivity index (χ4n) is 7.99. The molecule has 0 unspecified atom stereocenters. The van der Waals surface area contributed by atoms with Gasteiger partial charge in [0.05, 0.1) is 67.5 Å². The summed E-state index contributed by atoms with van der Waals surface area (Å²) < 4.78 is 41.7. The van der Waals surface area contributed by atoms with Gasteiger partial charge in [0.15, 0.2) is 31.3 Å². The highest BCUT2D eigenvalue weighted by Gasteiger charge is 2.41. The molecule has 2 aliphatic heterocycles. The number of nitrogens with zero attached hydrogens (tertiary/aromatic N) is 4. The van der Waals surface area contributed by atoms with Crippen LogP contribution in [0.4, 0.5) is 26.7 Å². The van der Waals surface area contributed by atoms with E-state index in [1.165, 1.54) is 48.1 Å². The number of pyridine rings is 1. The molecular weight excluding hydrogens is 1030 g/mol. The Morgan fingerprint density at radius 2 is 1.34 bits per heavy atom. The van der Waals surface area contributed by atoms with Gasteiger partial charge in [-0.2, -0.15) is 0 Å². The number of aromatic nitrogens is 1. The zero-order valence-corrected chi connectivity index (χ0v) is 48.7. The van der Waals surface area contributed by atoms with Crippen LogP contribution >= 0.6 is 21.6 Å². The number of hydrogen-bond acceptors (Lipinski definition) is 16. The normalized spacial score (nSPS) is 16.3. The molecule has 416 valence electrons. The maximum absolute atomic E-state index is 14.6. The molecule has 0 radical (unpaired) electrons. The number of carbonyl (C=O) groups is 4. The third kappa shape index (κ3) is 17.0. The lowest BCUT2D eigenvalue weighted by Gasteiger charge is -2.38.